The van der Waals surface area contributed by atoms with Crippen molar-refractivity contribution in [3.8, 4) is 17.2 Å². The monoisotopic (exact) mass is 526 g/mol. The van der Waals surface area contributed by atoms with Crippen molar-refractivity contribution in [1.29, 1.82) is 0 Å². The van der Waals surface area contributed by atoms with E-state index in [0.717, 1.165) is 63.9 Å². The number of phenolic OH excluding ortho intramolecular Hbond substituents is 1. The second-order valence-electron chi connectivity index (χ2n) is 8.78. The number of carbonyl (C=O) groups is 3. The second-order valence-corrected chi connectivity index (χ2v) is 8.78. The van der Waals surface area contributed by atoms with Crippen molar-refractivity contribution in [2.24, 2.45) is 0 Å². The molecule has 0 aliphatic rings. The third-order valence-electron chi connectivity index (χ3n) is 5.69. The van der Waals surface area contributed by atoms with E-state index in [1.54, 1.807) is 24.3 Å². The molecule has 2 aromatic rings. The zero-order valence-electron chi connectivity index (χ0n) is 22.1. The molecular formula is C30H38O8. The Morgan fingerprint density at radius 3 is 2.03 bits per heavy atom. The Kier molecular flexibility index (Phi) is 14.1. The molecule has 0 saturated carbocycles. The molecule has 0 heterocycles. The molecule has 0 aliphatic carbocycles. The Bertz CT molecular complexity index is 1030. The highest BCUT2D eigenvalue weighted by atomic mass is 16.5. The number of rotatable bonds is 18. The summed E-state index contributed by atoms with van der Waals surface area (Å²) in [4.78, 5) is 35.9. The highest BCUT2D eigenvalue weighted by molar-refractivity contribution is 5.94. The van der Waals surface area contributed by atoms with Crippen LogP contribution in [0.2, 0.25) is 0 Å². The molecule has 38 heavy (non-hydrogen) atoms. The summed E-state index contributed by atoms with van der Waals surface area (Å²) < 4.78 is 21.3. The van der Waals surface area contributed by atoms with Crippen molar-refractivity contribution in [2.45, 2.75) is 64.7 Å². The summed E-state index contributed by atoms with van der Waals surface area (Å²) in [7, 11) is 0. The van der Waals surface area contributed by atoms with Crippen LogP contribution in [0.1, 0.15) is 85.4 Å². The van der Waals surface area contributed by atoms with Gasteiger partial charge in [-0.2, -0.15) is 0 Å². The molecule has 0 radical (unpaired) electrons. The largest absolute Gasteiger partial charge is 0.507 e. The molecule has 0 spiro atoms. The minimum Gasteiger partial charge on any atom is -0.507 e. The van der Waals surface area contributed by atoms with Gasteiger partial charge in [-0.1, -0.05) is 39.2 Å². The maximum atomic E-state index is 12.6. The van der Waals surface area contributed by atoms with Crippen LogP contribution in [-0.2, 0) is 14.3 Å². The Balaban J connectivity index is 1.75. The Morgan fingerprint density at radius 1 is 0.763 bits per heavy atom. The SMILES string of the molecule is C=CC(=O)OCCCCCCOc1ccc(C(=O)Oc2ccc(O)c(C(=O)OCCCCCCC)c2)cc1. The summed E-state index contributed by atoms with van der Waals surface area (Å²) in [5, 5.41) is 10.1. The van der Waals surface area contributed by atoms with Gasteiger partial charge in [0.25, 0.3) is 0 Å². The number of unbranched alkanes of at least 4 members (excludes halogenated alkanes) is 7. The third kappa shape index (κ3) is 11.5. The lowest BCUT2D eigenvalue weighted by molar-refractivity contribution is -0.137. The summed E-state index contributed by atoms with van der Waals surface area (Å²) in [5.41, 5.74) is 0.265. The molecule has 8 nitrogen and oxygen atoms in total. The van der Waals surface area contributed by atoms with E-state index >= 15 is 0 Å². The summed E-state index contributed by atoms with van der Waals surface area (Å²) in [6.45, 7) is 6.67. The fourth-order valence-corrected chi connectivity index (χ4v) is 3.52. The lowest BCUT2D eigenvalue weighted by Gasteiger charge is -2.10. The van der Waals surface area contributed by atoms with E-state index in [0.29, 0.717) is 24.5 Å². The van der Waals surface area contributed by atoms with E-state index in [-0.39, 0.29) is 23.7 Å². The smallest absolute Gasteiger partial charge is 0.343 e. The van der Waals surface area contributed by atoms with E-state index in [9.17, 15) is 19.5 Å². The molecule has 0 saturated heterocycles. The summed E-state index contributed by atoms with van der Waals surface area (Å²) in [5.74, 6) is -1.15. The first-order valence-corrected chi connectivity index (χ1v) is 13.2. The van der Waals surface area contributed by atoms with Crippen LogP contribution in [0.5, 0.6) is 17.2 Å². The fourth-order valence-electron chi connectivity index (χ4n) is 3.52. The first-order valence-electron chi connectivity index (χ1n) is 13.2. The van der Waals surface area contributed by atoms with E-state index in [1.165, 1.54) is 18.2 Å². The molecule has 0 fully saturated rings. The van der Waals surface area contributed by atoms with Gasteiger partial charge in [0.1, 0.15) is 22.8 Å². The van der Waals surface area contributed by atoms with Crippen LogP contribution in [-0.4, -0.2) is 42.8 Å². The highest BCUT2D eigenvalue weighted by Gasteiger charge is 2.16. The number of carbonyl (C=O) groups excluding carboxylic acids is 3. The molecule has 0 aromatic heterocycles. The van der Waals surface area contributed by atoms with Crippen LogP contribution < -0.4 is 9.47 Å². The molecule has 2 rings (SSSR count). The molecule has 0 bridgehead atoms. The van der Waals surface area contributed by atoms with Crippen LogP contribution in [0.15, 0.2) is 55.1 Å². The van der Waals surface area contributed by atoms with Crippen LogP contribution in [0.25, 0.3) is 0 Å². The second kappa shape index (κ2) is 17.6. The number of ether oxygens (including phenoxy) is 4. The van der Waals surface area contributed by atoms with Gasteiger partial charge in [0, 0.05) is 6.08 Å². The molecule has 1 N–H and O–H groups in total. The van der Waals surface area contributed by atoms with Crippen molar-refractivity contribution in [2.75, 3.05) is 19.8 Å². The zero-order chi connectivity index (χ0) is 27.6. The molecule has 2 aromatic carbocycles. The number of hydrogen-bond acceptors (Lipinski definition) is 8. The fraction of sp³-hybridized carbons (Fsp3) is 0.433. The van der Waals surface area contributed by atoms with Gasteiger partial charge in [0.05, 0.1) is 25.4 Å². The Morgan fingerprint density at radius 2 is 1.37 bits per heavy atom. The van der Waals surface area contributed by atoms with E-state index in [1.807, 2.05) is 0 Å². The number of aromatic hydroxyl groups is 1. The van der Waals surface area contributed by atoms with Gasteiger partial charge < -0.3 is 24.1 Å². The third-order valence-corrected chi connectivity index (χ3v) is 5.69. The number of esters is 3. The first kappa shape index (κ1) is 30.4. The van der Waals surface area contributed by atoms with E-state index in [2.05, 4.69) is 13.5 Å². The van der Waals surface area contributed by atoms with E-state index < -0.39 is 17.9 Å². The summed E-state index contributed by atoms with van der Waals surface area (Å²) in [6.07, 6.45) is 9.78. The predicted octanol–water partition coefficient (Wildman–Crippen LogP) is 6.41. The number of phenols is 1. The van der Waals surface area contributed by atoms with Crippen molar-refractivity contribution in [1.82, 2.24) is 0 Å². The van der Waals surface area contributed by atoms with Gasteiger partial charge in [-0.25, -0.2) is 14.4 Å². The summed E-state index contributed by atoms with van der Waals surface area (Å²) >= 11 is 0. The molecule has 8 heteroatoms. The minimum absolute atomic E-state index is 0.0506. The Labute approximate surface area is 224 Å². The molecule has 0 unspecified atom stereocenters. The first-order chi connectivity index (χ1) is 18.4. The summed E-state index contributed by atoms with van der Waals surface area (Å²) in [6, 6.07) is 10.6. The number of benzene rings is 2. The van der Waals surface area contributed by atoms with Crippen molar-refractivity contribution in [3.63, 3.8) is 0 Å². The molecule has 0 aliphatic heterocycles. The van der Waals surface area contributed by atoms with Gasteiger partial charge in [0.15, 0.2) is 0 Å². The molecule has 0 atom stereocenters. The topological polar surface area (TPSA) is 108 Å². The number of hydrogen-bond donors (Lipinski definition) is 1. The molecule has 0 amide bonds. The maximum absolute atomic E-state index is 12.6. The quantitative estimate of drug-likeness (QED) is 0.103. The van der Waals surface area contributed by atoms with Gasteiger partial charge in [0.2, 0.25) is 0 Å². The van der Waals surface area contributed by atoms with Crippen molar-refractivity contribution >= 4 is 17.9 Å². The minimum atomic E-state index is -0.659. The van der Waals surface area contributed by atoms with Crippen molar-refractivity contribution < 1.29 is 38.4 Å². The van der Waals surface area contributed by atoms with Gasteiger partial charge in [-0.05, 0) is 74.6 Å². The molecular weight excluding hydrogens is 488 g/mol. The average Bonchev–Trinajstić information content (AvgIpc) is 2.93. The predicted molar refractivity (Wildman–Crippen MR) is 144 cm³/mol. The maximum Gasteiger partial charge on any atom is 0.343 e. The van der Waals surface area contributed by atoms with Gasteiger partial charge in [-0.3, -0.25) is 0 Å². The van der Waals surface area contributed by atoms with Crippen molar-refractivity contribution in [3.05, 3.63) is 66.2 Å². The van der Waals surface area contributed by atoms with Gasteiger partial charge in [-0.15, -0.1) is 0 Å². The van der Waals surface area contributed by atoms with Crippen LogP contribution in [0, 0.1) is 0 Å². The lowest BCUT2D eigenvalue weighted by atomic mass is 10.1. The van der Waals surface area contributed by atoms with Crippen LogP contribution in [0.4, 0.5) is 0 Å². The normalized spacial score (nSPS) is 10.4. The Hall–Kier alpha value is -3.81. The lowest BCUT2D eigenvalue weighted by Crippen LogP contribution is -2.10. The van der Waals surface area contributed by atoms with Crippen LogP contribution >= 0.6 is 0 Å². The van der Waals surface area contributed by atoms with Gasteiger partial charge >= 0.3 is 17.9 Å². The highest BCUT2D eigenvalue weighted by Crippen LogP contribution is 2.25. The van der Waals surface area contributed by atoms with Crippen LogP contribution in [0.3, 0.4) is 0 Å². The molecule has 206 valence electrons. The van der Waals surface area contributed by atoms with E-state index in [4.69, 9.17) is 18.9 Å². The standard InChI is InChI=1S/C30H38O8/c1-3-5-6-7-12-21-37-30(34)26-22-25(17-18-27(26)31)38-29(33)23-13-15-24(16-14-23)35-19-10-8-9-11-20-36-28(32)4-2/h4,13-18,22,31H,2-3,5-12,19-21H2,1H3. The zero-order valence-corrected chi connectivity index (χ0v) is 22.1. The average molecular weight is 527 g/mol.